The second kappa shape index (κ2) is 9.32. The summed E-state index contributed by atoms with van der Waals surface area (Å²) in [6.07, 6.45) is 1.29. The maximum absolute atomic E-state index is 12.9. The van der Waals surface area contributed by atoms with Crippen LogP contribution in [0.25, 0.3) is 0 Å². The molecule has 0 aliphatic rings. The monoisotopic (exact) mass is 467 g/mol. The van der Waals surface area contributed by atoms with Crippen molar-refractivity contribution in [2.45, 2.75) is 20.4 Å². The van der Waals surface area contributed by atoms with E-state index in [1.807, 2.05) is 0 Å². The van der Waals surface area contributed by atoms with Crippen molar-refractivity contribution in [1.82, 2.24) is 4.98 Å². The summed E-state index contributed by atoms with van der Waals surface area (Å²) >= 11 is 2.18. The van der Waals surface area contributed by atoms with Crippen LogP contribution in [0, 0.1) is 15.9 Å². The molecule has 3 rings (SSSR count). The van der Waals surface area contributed by atoms with Crippen molar-refractivity contribution in [1.29, 1.82) is 0 Å². The first-order valence-corrected chi connectivity index (χ1v) is 11.7. The fourth-order valence-electron chi connectivity index (χ4n) is 2.28. The van der Waals surface area contributed by atoms with Crippen LogP contribution in [0.2, 0.25) is 0 Å². The van der Waals surface area contributed by atoms with Crippen molar-refractivity contribution < 1.29 is 22.5 Å². The van der Waals surface area contributed by atoms with Gasteiger partial charge in [-0.3, -0.25) is 14.9 Å². The van der Waals surface area contributed by atoms with Gasteiger partial charge in [0.2, 0.25) is 15.7 Å². The molecule has 2 aromatic carbocycles. The molecule has 0 fully saturated rings. The molecule has 1 heterocycles. The molecular formula is C18H14FN3O5S3. The van der Waals surface area contributed by atoms with Gasteiger partial charge >= 0.3 is 0 Å². The molecule has 0 aliphatic heterocycles. The van der Waals surface area contributed by atoms with E-state index in [1.54, 1.807) is 12.1 Å². The van der Waals surface area contributed by atoms with Gasteiger partial charge in [0, 0.05) is 29.2 Å². The fourth-order valence-corrected chi connectivity index (χ4v) is 5.58. The zero-order valence-corrected chi connectivity index (χ0v) is 17.6. The van der Waals surface area contributed by atoms with Crippen molar-refractivity contribution in [3.8, 4) is 0 Å². The molecule has 12 heteroatoms. The maximum Gasteiger partial charge on any atom is 0.269 e. The van der Waals surface area contributed by atoms with E-state index in [1.165, 1.54) is 23.9 Å². The third-order valence-corrected chi connectivity index (χ3v) is 7.92. The summed E-state index contributed by atoms with van der Waals surface area (Å²) in [5, 5.41) is 13.4. The lowest BCUT2D eigenvalue weighted by Gasteiger charge is -2.03. The average molecular weight is 468 g/mol. The molecule has 0 saturated carbocycles. The topological polar surface area (TPSA) is 119 Å². The van der Waals surface area contributed by atoms with Gasteiger partial charge in [-0.1, -0.05) is 11.3 Å². The summed E-state index contributed by atoms with van der Waals surface area (Å²) in [5.74, 6) is -0.213. The van der Waals surface area contributed by atoms with E-state index in [0.717, 1.165) is 46.7 Å². The Morgan fingerprint density at radius 3 is 2.47 bits per heavy atom. The summed E-state index contributed by atoms with van der Waals surface area (Å²) in [6, 6.07) is 10.4. The Balaban J connectivity index is 1.58. The first kappa shape index (κ1) is 21.9. The summed E-state index contributed by atoms with van der Waals surface area (Å²) in [6.45, 7) is 0. The Kier molecular flexibility index (Phi) is 6.80. The number of benzene rings is 2. The van der Waals surface area contributed by atoms with Gasteiger partial charge in [-0.25, -0.2) is 17.8 Å². The van der Waals surface area contributed by atoms with Gasteiger partial charge in [-0.15, -0.1) is 11.8 Å². The van der Waals surface area contributed by atoms with Crippen LogP contribution in [0.15, 0.2) is 68.7 Å². The van der Waals surface area contributed by atoms with Crippen molar-refractivity contribution in [2.75, 3.05) is 11.1 Å². The van der Waals surface area contributed by atoms with Gasteiger partial charge < -0.3 is 5.32 Å². The van der Waals surface area contributed by atoms with Crippen LogP contribution >= 0.6 is 23.1 Å². The SMILES string of the molecule is O=C(CCSc1ccc(F)cc1)Nc1ncc(S(=O)(=O)c2ccc([N+](=O)[O-])cc2)s1. The Morgan fingerprint density at radius 2 is 1.83 bits per heavy atom. The number of aromatic nitrogens is 1. The highest BCUT2D eigenvalue weighted by Crippen LogP contribution is 2.29. The number of nitro groups is 1. The van der Waals surface area contributed by atoms with E-state index in [-0.39, 0.29) is 38.1 Å². The lowest BCUT2D eigenvalue weighted by molar-refractivity contribution is -0.384. The molecule has 0 atom stereocenters. The number of halogens is 1. The summed E-state index contributed by atoms with van der Waals surface area (Å²) in [4.78, 5) is 26.8. The van der Waals surface area contributed by atoms with Crippen molar-refractivity contribution in [2.24, 2.45) is 0 Å². The van der Waals surface area contributed by atoms with Gasteiger partial charge in [0.25, 0.3) is 5.69 Å². The van der Waals surface area contributed by atoms with Crippen LogP contribution in [0.5, 0.6) is 0 Å². The highest BCUT2D eigenvalue weighted by atomic mass is 32.2. The van der Waals surface area contributed by atoms with E-state index < -0.39 is 14.8 Å². The van der Waals surface area contributed by atoms with Crippen LogP contribution in [-0.2, 0) is 14.6 Å². The van der Waals surface area contributed by atoms with Gasteiger partial charge in [0.05, 0.1) is 16.0 Å². The molecular weight excluding hydrogens is 453 g/mol. The predicted molar refractivity (Wildman–Crippen MR) is 111 cm³/mol. The summed E-state index contributed by atoms with van der Waals surface area (Å²) in [5.41, 5.74) is -0.218. The molecule has 30 heavy (non-hydrogen) atoms. The Hall–Kier alpha value is -2.83. The summed E-state index contributed by atoms with van der Waals surface area (Å²) in [7, 11) is -3.91. The number of carbonyl (C=O) groups is 1. The fraction of sp³-hybridized carbons (Fsp3) is 0.111. The number of amides is 1. The average Bonchev–Trinajstić information content (AvgIpc) is 3.19. The van der Waals surface area contributed by atoms with E-state index in [0.29, 0.717) is 5.75 Å². The highest BCUT2D eigenvalue weighted by Gasteiger charge is 2.22. The van der Waals surface area contributed by atoms with Gasteiger partial charge in [-0.2, -0.15) is 0 Å². The third-order valence-electron chi connectivity index (χ3n) is 3.77. The first-order chi connectivity index (χ1) is 14.3. The van der Waals surface area contributed by atoms with E-state index in [4.69, 9.17) is 0 Å². The number of carbonyl (C=O) groups excluding carboxylic acids is 1. The van der Waals surface area contributed by atoms with Crippen LogP contribution in [0.4, 0.5) is 15.2 Å². The molecule has 3 aromatic rings. The number of non-ortho nitro benzene ring substituents is 1. The molecule has 8 nitrogen and oxygen atoms in total. The second-order valence-electron chi connectivity index (χ2n) is 5.84. The second-order valence-corrected chi connectivity index (χ2v) is 10.2. The maximum atomic E-state index is 12.9. The zero-order chi connectivity index (χ0) is 21.7. The standard InChI is InChI=1S/C18H14FN3O5S3/c19-12-1-5-14(6-2-12)28-10-9-16(23)21-18-20-11-17(29-18)30(26,27)15-7-3-13(4-8-15)22(24)25/h1-8,11H,9-10H2,(H,20,21,23). The van der Waals surface area contributed by atoms with Crippen molar-refractivity contribution >= 4 is 49.7 Å². The van der Waals surface area contributed by atoms with Crippen LogP contribution in [0.3, 0.4) is 0 Å². The Bertz CT molecular complexity index is 1160. The molecule has 0 bridgehead atoms. The normalized spacial score (nSPS) is 11.2. The summed E-state index contributed by atoms with van der Waals surface area (Å²) < 4.78 is 38.0. The Morgan fingerprint density at radius 1 is 1.17 bits per heavy atom. The molecule has 1 N–H and O–H groups in total. The number of sulfone groups is 1. The molecule has 0 spiro atoms. The Labute approximate surface area is 179 Å². The number of hydrogen-bond donors (Lipinski definition) is 1. The number of rotatable bonds is 8. The molecule has 1 aromatic heterocycles. The minimum atomic E-state index is -3.91. The number of nitro benzene ring substituents is 1. The van der Waals surface area contributed by atoms with Gasteiger partial charge in [-0.05, 0) is 36.4 Å². The molecule has 0 aliphatic carbocycles. The number of nitrogens with zero attached hydrogens (tertiary/aromatic N) is 2. The number of nitrogens with one attached hydrogen (secondary N) is 1. The third kappa shape index (κ3) is 5.40. The number of thiazole rings is 1. The van der Waals surface area contributed by atoms with Crippen LogP contribution in [-0.4, -0.2) is 30.0 Å². The largest absolute Gasteiger partial charge is 0.302 e. The molecule has 0 saturated heterocycles. The molecule has 0 radical (unpaired) electrons. The van der Waals surface area contributed by atoms with Crippen molar-refractivity contribution in [3.05, 3.63) is 70.7 Å². The lowest BCUT2D eigenvalue weighted by atomic mass is 10.3. The zero-order valence-electron chi connectivity index (χ0n) is 15.1. The van der Waals surface area contributed by atoms with Gasteiger partial charge in [0.15, 0.2) is 5.13 Å². The molecule has 1 amide bonds. The van der Waals surface area contributed by atoms with Crippen LogP contribution in [0.1, 0.15) is 6.42 Å². The molecule has 0 unspecified atom stereocenters. The first-order valence-electron chi connectivity index (χ1n) is 8.39. The molecule has 156 valence electrons. The minimum absolute atomic E-state index is 0.0904. The van der Waals surface area contributed by atoms with Crippen molar-refractivity contribution in [3.63, 3.8) is 0 Å². The lowest BCUT2D eigenvalue weighted by Crippen LogP contribution is -2.11. The highest BCUT2D eigenvalue weighted by molar-refractivity contribution is 7.99. The van der Waals surface area contributed by atoms with Gasteiger partial charge in [0.1, 0.15) is 10.0 Å². The van der Waals surface area contributed by atoms with E-state index in [2.05, 4.69) is 10.3 Å². The smallest absolute Gasteiger partial charge is 0.269 e. The quantitative estimate of drug-likeness (QED) is 0.300. The minimum Gasteiger partial charge on any atom is -0.302 e. The van der Waals surface area contributed by atoms with E-state index in [9.17, 15) is 27.7 Å². The number of hydrogen-bond acceptors (Lipinski definition) is 8. The number of anilines is 1. The predicted octanol–water partition coefficient (Wildman–Crippen LogP) is 4.14. The number of thioether (sulfide) groups is 1. The van der Waals surface area contributed by atoms with E-state index >= 15 is 0 Å². The van der Waals surface area contributed by atoms with Crippen LogP contribution < -0.4 is 5.32 Å².